The molecule has 2 amide bonds. The summed E-state index contributed by atoms with van der Waals surface area (Å²) in [5, 5.41) is 5.41. The first-order valence-electron chi connectivity index (χ1n) is 6.05. The van der Waals surface area contributed by atoms with Gasteiger partial charge in [0.15, 0.2) is 0 Å². The van der Waals surface area contributed by atoms with Crippen molar-refractivity contribution in [2.24, 2.45) is 5.73 Å². The minimum atomic E-state index is -0.565. The number of carbonyl (C=O) groups is 2. The van der Waals surface area contributed by atoms with Crippen molar-refractivity contribution in [1.29, 1.82) is 0 Å². The van der Waals surface area contributed by atoms with Gasteiger partial charge in [-0.3, -0.25) is 9.59 Å². The quantitative estimate of drug-likeness (QED) is 0.658. The van der Waals surface area contributed by atoms with Gasteiger partial charge in [-0.2, -0.15) is 0 Å². The highest BCUT2D eigenvalue weighted by atomic mass is 16.2. The van der Waals surface area contributed by atoms with Crippen LogP contribution in [0.3, 0.4) is 0 Å². The number of nitrogens with two attached hydrogens (primary N) is 1. The summed E-state index contributed by atoms with van der Waals surface area (Å²) in [5.41, 5.74) is 5.36. The Kier molecular flexibility index (Phi) is 6.16. The molecule has 1 unspecified atom stereocenters. The van der Waals surface area contributed by atoms with E-state index in [-0.39, 0.29) is 17.4 Å². The summed E-state index contributed by atoms with van der Waals surface area (Å²) in [6.07, 6.45) is 1.47. The molecule has 0 spiro atoms. The molecule has 0 heterocycles. The number of hydrogen-bond donors (Lipinski definition) is 3. The second kappa shape index (κ2) is 6.59. The SMILES string of the molecule is CCC[C@@H](N)C(=O)NC(C)C(=O)NC(C)(C)C. The number of hydrogen-bond acceptors (Lipinski definition) is 3. The fourth-order valence-corrected chi connectivity index (χ4v) is 1.31. The van der Waals surface area contributed by atoms with E-state index in [1.807, 2.05) is 27.7 Å². The van der Waals surface area contributed by atoms with Crippen LogP contribution in [-0.2, 0) is 9.59 Å². The summed E-state index contributed by atoms with van der Waals surface area (Å²) in [6, 6.07) is -1.10. The summed E-state index contributed by atoms with van der Waals surface area (Å²) in [4.78, 5) is 23.3. The number of rotatable bonds is 5. The molecule has 0 fully saturated rings. The monoisotopic (exact) mass is 243 g/mol. The van der Waals surface area contributed by atoms with E-state index >= 15 is 0 Å². The first kappa shape index (κ1) is 15.9. The Morgan fingerprint density at radius 3 is 2.18 bits per heavy atom. The fourth-order valence-electron chi connectivity index (χ4n) is 1.31. The Balaban J connectivity index is 4.21. The fraction of sp³-hybridized carbons (Fsp3) is 0.833. The summed E-state index contributed by atoms with van der Waals surface area (Å²) in [7, 11) is 0. The molecule has 0 aliphatic carbocycles. The van der Waals surface area contributed by atoms with Crippen molar-refractivity contribution in [3.8, 4) is 0 Å². The maximum atomic E-state index is 11.7. The van der Waals surface area contributed by atoms with E-state index in [4.69, 9.17) is 5.73 Å². The Morgan fingerprint density at radius 2 is 1.76 bits per heavy atom. The van der Waals surface area contributed by atoms with Crippen molar-refractivity contribution in [3.05, 3.63) is 0 Å². The largest absolute Gasteiger partial charge is 0.350 e. The average Bonchev–Trinajstić information content (AvgIpc) is 2.15. The Labute approximate surface area is 104 Å². The van der Waals surface area contributed by atoms with Crippen LogP contribution in [-0.4, -0.2) is 29.4 Å². The van der Waals surface area contributed by atoms with Gasteiger partial charge in [0.2, 0.25) is 11.8 Å². The van der Waals surface area contributed by atoms with Gasteiger partial charge in [-0.1, -0.05) is 13.3 Å². The van der Waals surface area contributed by atoms with Gasteiger partial charge in [0, 0.05) is 5.54 Å². The molecule has 0 saturated heterocycles. The van der Waals surface area contributed by atoms with Crippen LogP contribution in [0.5, 0.6) is 0 Å². The van der Waals surface area contributed by atoms with Crippen molar-refractivity contribution >= 4 is 11.8 Å². The number of nitrogens with one attached hydrogen (secondary N) is 2. The zero-order chi connectivity index (χ0) is 13.6. The highest BCUT2D eigenvalue weighted by molar-refractivity contribution is 5.89. The van der Waals surface area contributed by atoms with E-state index in [9.17, 15) is 9.59 Å². The van der Waals surface area contributed by atoms with Crippen molar-refractivity contribution in [2.75, 3.05) is 0 Å². The highest BCUT2D eigenvalue weighted by Gasteiger charge is 2.22. The Hall–Kier alpha value is -1.10. The molecule has 5 heteroatoms. The van der Waals surface area contributed by atoms with E-state index < -0.39 is 12.1 Å². The van der Waals surface area contributed by atoms with Gasteiger partial charge >= 0.3 is 0 Å². The van der Waals surface area contributed by atoms with Crippen LogP contribution >= 0.6 is 0 Å². The van der Waals surface area contributed by atoms with Crippen molar-refractivity contribution < 1.29 is 9.59 Å². The minimum Gasteiger partial charge on any atom is -0.350 e. The predicted molar refractivity (Wildman–Crippen MR) is 68.4 cm³/mol. The van der Waals surface area contributed by atoms with Crippen LogP contribution in [0, 0.1) is 0 Å². The Morgan fingerprint density at radius 1 is 1.24 bits per heavy atom. The van der Waals surface area contributed by atoms with E-state index in [0.717, 1.165) is 6.42 Å². The van der Waals surface area contributed by atoms with Crippen LogP contribution < -0.4 is 16.4 Å². The lowest BCUT2D eigenvalue weighted by Crippen LogP contribution is -2.53. The standard InChI is InChI=1S/C12H25N3O2/c1-6-7-9(13)11(17)14-8(2)10(16)15-12(3,4)5/h8-9H,6-7,13H2,1-5H3,(H,14,17)(H,15,16)/t8?,9-/m1/s1. The second-order valence-electron chi connectivity index (χ2n) is 5.36. The van der Waals surface area contributed by atoms with E-state index in [1.165, 1.54) is 0 Å². The topological polar surface area (TPSA) is 84.2 Å². The molecular formula is C12H25N3O2. The zero-order valence-electron chi connectivity index (χ0n) is 11.5. The molecule has 5 nitrogen and oxygen atoms in total. The van der Waals surface area contributed by atoms with Crippen LogP contribution in [0.15, 0.2) is 0 Å². The lowest BCUT2D eigenvalue weighted by Gasteiger charge is -2.24. The number of amides is 2. The summed E-state index contributed by atoms with van der Waals surface area (Å²) < 4.78 is 0. The van der Waals surface area contributed by atoms with E-state index in [1.54, 1.807) is 6.92 Å². The maximum absolute atomic E-state index is 11.7. The van der Waals surface area contributed by atoms with Gasteiger partial charge in [0.05, 0.1) is 6.04 Å². The molecule has 0 aliphatic rings. The molecule has 0 radical (unpaired) electrons. The second-order valence-corrected chi connectivity index (χ2v) is 5.36. The summed E-state index contributed by atoms with van der Waals surface area (Å²) in [6.45, 7) is 9.29. The lowest BCUT2D eigenvalue weighted by molar-refractivity contribution is -0.130. The van der Waals surface area contributed by atoms with E-state index in [0.29, 0.717) is 6.42 Å². The molecule has 0 aromatic heterocycles. The van der Waals surface area contributed by atoms with Gasteiger partial charge in [0.25, 0.3) is 0 Å². The lowest BCUT2D eigenvalue weighted by atomic mass is 10.1. The van der Waals surface area contributed by atoms with Gasteiger partial charge in [-0.25, -0.2) is 0 Å². The van der Waals surface area contributed by atoms with Crippen molar-refractivity contribution in [1.82, 2.24) is 10.6 Å². The predicted octanol–water partition coefficient (Wildman–Crippen LogP) is 0.533. The summed E-state index contributed by atoms with van der Waals surface area (Å²) >= 11 is 0. The number of carbonyl (C=O) groups excluding carboxylic acids is 2. The van der Waals surface area contributed by atoms with Gasteiger partial charge < -0.3 is 16.4 Å². The van der Waals surface area contributed by atoms with Gasteiger partial charge in [-0.15, -0.1) is 0 Å². The molecule has 4 N–H and O–H groups in total. The van der Waals surface area contributed by atoms with Gasteiger partial charge in [-0.05, 0) is 34.1 Å². The molecule has 0 aliphatic heterocycles. The smallest absolute Gasteiger partial charge is 0.242 e. The van der Waals surface area contributed by atoms with Crippen LogP contribution in [0.2, 0.25) is 0 Å². The Bertz CT molecular complexity index is 271. The molecule has 0 bridgehead atoms. The van der Waals surface area contributed by atoms with E-state index in [2.05, 4.69) is 10.6 Å². The normalized spacial score (nSPS) is 14.9. The molecule has 0 aromatic carbocycles. The third-order valence-corrected chi connectivity index (χ3v) is 2.19. The van der Waals surface area contributed by atoms with Crippen LogP contribution in [0.25, 0.3) is 0 Å². The molecular weight excluding hydrogens is 218 g/mol. The molecule has 100 valence electrons. The third kappa shape index (κ3) is 6.94. The average molecular weight is 243 g/mol. The molecule has 2 atom stereocenters. The molecule has 0 saturated carbocycles. The first-order valence-corrected chi connectivity index (χ1v) is 6.05. The summed E-state index contributed by atoms with van der Waals surface area (Å²) in [5.74, 6) is -0.474. The molecule has 17 heavy (non-hydrogen) atoms. The first-order chi connectivity index (χ1) is 7.67. The van der Waals surface area contributed by atoms with Crippen LogP contribution in [0.1, 0.15) is 47.5 Å². The molecule has 0 rings (SSSR count). The van der Waals surface area contributed by atoms with Gasteiger partial charge in [0.1, 0.15) is 6.04 Å². The third-order valence-electron chi connectivity index (χ3n) is 2.19. The molecule has 0 aromatic rings. The minimum absolute atomic E-state index is 0.199. The van der Waals surface area contributed by atoms with Crippen LogP contribution in [0.4, 0.5) is 0 Å². The maximum Gasteiger partial charge on any atom is 0.242 e. The van der Waals surface area contributed by atoms with Crippen molar-refractivity contribution in [3.63, 3.8) is 0 Å². The van der Waals surface area contributed by atoms with Crippen molar-refractivity contribution in [2.45, 2.75) is 65.1 Å². The zero-order valence-corrected chi connectivity index (χ0v) is 11.5. The highest BCUT2D eigenvalue weighted by Crippen LogP contribution is 2.00.